The Bertz CT molecular complexity index is 708. The van der Waals surface area contributed by atoms with Crippen molar-refractivity contribution in [2.45, 2.75) is 32.2 Å². The summed E-state index contributed by atoms with van der Waals surface area (Å²) >= 11 is 0. The summed E-state index contributed by atoms with van der Waals surface area (Å²) in [7, 11) is 3.82. The highest BCUT2D eigenvalue weighted by atomic mass is 16.2. The van der Waals surface area contributed by atoms with Gasteiger partial charge in [-0.2, -0.15) is 10.1 Å². The van der Waals surface area contributed by atoms with Gasteiger partial charge in [0.05, 0.1) is 6.20 Å². The molecule has 1 saturated heterocycles. The maximum Gasteiger partial charge on any atom is 0.249 e. The lowest BCUT2D eigenvalue weighted by Gasteiger charge is -2.28. The van der Waals surface area contributed by atoms with Crippen LogP contribution in [0.15, 0.2) is 24.7 Å². The Morgan fingerprint density at radius 2 is 2.04 bits per heavy atom. The van der Waals surface area contributed by atoms with Crippen LogP contribution in [0.5, 0.6) is 0 Å². The molecule has 0 spiro atoms. The largest absolute Gasteiger partial charge is 0.361 e. The van der Waals surface area contributed by atoms with Crippen molar-refractivity contribution in [3.8, 4) is 0 Å². The Morgan fingerprint density at radius 1 is 1.28 bits per heavy atom. The van der Waals surface area contributed by atoms with Crippen molar-refractivity contribution < 1.29 is 4.79 Å². The van der Waals surface area contributed by atoms with Crippen LogP contribution in [0.25, 0.3) is 0 Å². The Balaban J connectivity index is 1.79. The second-order valence-corrected chi connectivity index (χ2v) is 6.50. The van der Waals surface area contributed by atoms with Gasteiger partial charge in [-0.3, -0.25) is 9.48 Å². The van der Waals surface area contributed by atoms with Crippen LogP contribution in [0, 0.1) is 0 Å². The molecule has 3 rings (SSSR count). The van der Waals surface area contributed by atoms with Crippen molar-refractivity contribution in [1.29, 1.82) is 0 Å². The third kappa shape index (κ3) is 3.89. The van der Waals surface area contributed by atoms with Crippen LogP contribution < -0.4 is 15.1 Å². The molecule has 25 heavy (non-hydrogen) atoms. The average Bonchev–Trinajstić information content (AvgIpc) is 3.16. The molecule has 2 aromatic rings. The lowest BCUT2D eigenvalue weighted by molar-refractivity contribution is -0.119. The number of anilines is 3. The molecule has 8 nitrogen and oxygen atoms in total. The van der Waals surface area contributed by atoms with E-state index in [1.54, 1.807) is 36.3 Å². The fraction of sp³-hybridized carbons (Fsp3) is 0.529. The van der Waals surface area contributed by atoms with Gasteiger partial charge in [0.25, 0.3) is 0 Å². The first-order valence-electron chi connectivity index (χ1n) is 8.65. The summed E-state index contributed by atoms with van der Waals surface area (Å²) < 4.78 is 1.62. The van der Waals surface area contributed by atoms with Crippen LogP contribution in [0.3, 0.4) is 0 Å². The number of carbonyl (C=O) groups excluding carboxylic acids is 1. The molecule has 1 amide bonds. The van der Waals surface area contributed by atoms with Crippen LogP contribution in [0.2, 0.25) is 0 Å². The number of piperidine rings is 1. The molecule has 0 aromatic carbocycles. The van der Waals surface area contributed by atoms with Gasteiger partial charge in [0.15, 0.2) is 5.82 Å². The molecule has 1 N–H and O–H groups in total. The van der Waals surface area contributed by atoms with Crippen LogP contribution in [0.1, 0.15) is 32.2 Å². The van der Waals surface area contributed by atoms with Crippen molar-refractivity contribution in [2.75, 3.05) is 42.3 Å². The zero-order valence-corrected chi connectivity index (χ0v) is 15.0. The molecule has 0 saturated carbocycles. The van der Waals surface area contributed by atoms with Gasteiger partial charge < -0.3 is 15.1 Å². The van der Waals surface area contributed by atoms with Gasteiger partial charge in [-0.25, -0.2) is 4.98 Å². The lowest BCUT2D eigenvalue weighted by atomic mass is 10.1. The van der Waals surface area contributed by atoms with Crippen LogP contribution in [-0.2, 0) is 4.79 Å². The van der Waals surface area contributed by atoms with E-state index >= 15 is 0 Å². The van der Waals surface area contributed by atoms with E-state index in [1.165, 1.54) is 19.3 Å². The van der Waals surface area contributed by atoms with E-state index in [-0.39, 0.29) is 5.91 Å². The molecule has 0 radical (unpaired) electrons. The lowest BCUT2D eigenvalue weighted by Crippen LogP contribution is -2.32. The second-order valence-electron chi connectivity index (χ2n) is 6.50. The number of carbonyl (C=O) groups is 1. The average molecular weight is 343 g/mol. The number of nitrogens with zero attached hydrogens (tertiary/aromatic N) is 6. The Morgan fingerprint density at radius 3 is 2.68 bits per heavy atom. The predicted octanol–water partition coefficient (Wildman–Crippen LogP) is 1.93. The second kappa shape index (κ2) is 7.50. The number of hydrogen-bond donors (Lipinski definition) is 1. The van der Waals surface area contributed by atoms with Gasteiger partial charge >= 0.3 is 0 Å². The summed E-state index contributed by atoms with van der Waals surface area (Å²) in [6.07, 6.45) is 8.72. The van der Waals surface area contributed by atoms with E-state index in [2.05, 4.69) is 25.3 Å². The molecule has 1 aliphatic heterocycles. The number of hydrogen-bond acceptors (Lipinski definition) is 6. The number of nitrogens with one attached hydrogen (secondary N) is 1. The minimum absolute atomic E-state index is 0.152. The predicted molar refractivity (Wildman–Crippen MR) is 98.0 cm³/mol. The Hall–Kier alpha value is -2.64. The summed E-state index contributed by atoms with van der Waals surface area (Å²) in [5, 5.41) is 7.04. The SMILES string of the molecule is CC(C(=O)Nc1cnc(N2CCCCC2)nc1N(C)C)n1cccn1. The zero-order valence-electron chi connectivity index (χ0n) is 15.0. The molecule has 1 aliphatic rings. The third-order valence-corrected chi connectivity index (χ3v) is 4.38. The zero-order chi connectivity index (χ0) is 17.8. The minimum Gasteiger partial charge on any atom is -0.361 e. The normalized spacial score (nSPS) is 15.7. The van der Waals surface area contributed by atoms with Crippen LogP contribution >= 0.6 is 0 Å². The van der Waals surface area contributed by atoms with Crippen LogP contribution in [0.4, 0.5) is 17.5 Å². The standard InChI is InChI=1S/C17H25N7O/c1-13(24-11-7-8-19-24)16(25)20-14-12-18-17(21-15(14)22(2)3)23-9-5-4-6-10-23/h7-8,11-13H,4-6,9-10H2,1-3H3,(H,20,25). The van der Waals surface area contributed by atoms with Crippen molar-refractivity contribution in [3.05, 3.63) is 24.7 Å². The molecule has 134 valence electrons. The van der Waals surface area contributed by atoms with Crippen molar-refractivity contribution in [2.24, 2.45) is 0 Å². The van der Waals surface area contributed by atoms with Gasteiger partial charge in [0, 0.05) is 39.6 Å². The third-order valence-electron chi connectivity index (χ3n) is 4.38. The fourth-order valence-electron chi connectivity index (χ4n) is 2.91. The minimum atomic E-state index is -0.410. The fourth-order valence-corrected chi connectivity index (χ4v) is 2.91. The maximum atomic E-state index is 12.5. The Kier molecular flexibility index (Phi) is 5.16. The molecule has 1 atom stereocenters. The van der Waals surface area contributed by atoms with Gasteiger partial charge in [-0.05, 0) is 32.3 Å². The van der Waals surface area contributed by atoms with Gasteiger partial charge in [-0.15, -0.1) is 0 Å². The van der Waals surface area contributed by atoms with Crippen molar-refractivity contribution in [1.82, 2.24) is 19.7 Å². The van der Waals surface area contributed by atoms with E-state index in [0.717, 1.165) is 19.0 Å². The van der Waals surface area contributed by atoms with Crippen molar-refractivity contribution in [3.63, 3.8) is 0 Å². The van der Waals surface area contributed by atoms with Gasteiger partial charge in [-0.1, -0.05) is 0 Å². The van der Waals surface area contributed by atoms with E-state index in [9.17, 15) is 4.79 Å². The first kappa shape index (κ1) is 17.2. The summed E-state index contributed by atoms with van der Waals surface area (Å²) in [5.74, 6) is 1.28. The molecule has 3 heterocycles. The summed E-state index contributed by atoms with van der Waals surface area (Å²) in [5.41, 5.74) is 0.606. The summed E-state index contributed by atoms with van der Waals surface area (Å²) in [6, 6.07) is 1.39. The number of rotatable bonds is 5. The molecule has 1 unspecified atom stereocenters. The summed E-state index contributed by atoms with van der Waals surface area (Å²) in [4.78, 5) is 25.8. The Labute approximate surface area is 147 Å². The highest BCUT2D eigenvalue weighted by molar-refractivity contribution is 5.95. The first-order valence-corrected chi connectivity index (χ1v) is 8.65. The molecular weight excluding hydrogens is 318 g/mol. The monoisotopic (exact) mass is 343 g/mol. The molecule has 2 aromatic heterocycles. The van der Waals surface area contributed by atoms with Crippen LogP contribution in [-0.4, -0.2) is 52.8 Å². The molecule has 1 fully saturated rings. The molecule has 0 aliphatic carbocycles. The van der Waals surface area contributed by atoms with E-state index in [4.69, 9.17) is 0 Å². The van der Waals surface area contributed by atoms with Gasteiger partial charge in [0.2, 0.25) is 11.9 Å². The van der Waals surface area contributed by atoms with Gasteiger partial charge in [0.1, 0.15) is 11.7 Å². The maximum absolute atomic E-state index is 12.5. The van der Waals surface area contributed by atoms with E-state index in [0.29, 0.717) is 11.5 Å². The number of amides is 1. The molecular formula is C17H25N7O. The highest BCUT2D eigenvalue weighted by Crippen LogP contribution is 2.25. The van der Waals surface area contributed by atoms with E-state index in [1.807, 2.05) is 19.0 Å². The smallest absolute Gasteiger partial charge is 0.249 e. The topological polar surface area (TPSA) is 79.2 Å². The highest BCUT2D eigenvalue weighted by Gasteiger charge is 2.20. The van der Waals surface area contributed by atoms with Crippen molar-refractivity contribution >= 4 is 23.4 Å². The number of aromatic nitrogens is 4. The first-order chi connectivity index (χ1) is 12.1. The molecule has 0 bridgehead atoms. The quantitative estimate of drug-likeness (QED) is 0.894. The molecule has 8 heteroatoms. The van der Waals surface area contributed by atoms with E-state index < -0.39 is 6.04 Å². The summed E-state index contributed by atoms with van der Waals surface area (Å²) in [6.45, 7) is 3.77.